The van der Waals surface area contributed by atoms with Gasteiger partial charge in [0.1, 0.15) is 0 Å². The summed E-state index contributed by atoms with van der Waals surface area (Å²) in [7, 11) is 0. The van der Waals surface area contributed by atoms with E-state index in [4.69, 9.17) is 11.6 Å². The van der Waals surface area contributed by atoms with E-state index in [0.717, 1.165) is 5.02 Å². The van der Waals surface area contributed by atoms with Crippen LogP contribution in [-0.4, -0.2) is 0 Å². The van der Waals surface area contributed by atoms with Gasteiger partial charge in [-0.1, -0.05) is 53.7 Å². The fourth-order valence-electron chi connectivity index (χ4n) is 1.75. The minimum atomic E-state index is 0.778. The minimum absolute atomic E-state index is 0.778. The number of rotatable bonds is 3. The first kappa shape index (κ1) is 12.8. The summed E-state index contributed by atoms with van der Waals surface area (Å²) in [6, 6.07) is 22.8. The molecule has 1 heterocycles. The van der Waals surface area contributed by atoms with Crippen LogP contribution in [0.15, 0.2) is 75.8 Å². The van der Waals surface area contributed by atoms with Gasteiger partial charge in [-0.15, -0.1) is 11.3 Å². The SMILES string of the molecule is Clc1ccc(Sc2ccc(-c3ccccc3)s2)cc1. The van der Waals surface area contributed by atoms with Gasteiger partial charge in [0.15, 0.2) is 0 Å². The standard InChI is InChI=1S/C16H11ClS2/c17-13-6-8-14(9-7-13)18-16-11-10-15(19-16)12-4-2-1-3-5-12/h1-11H. The molecule has 19 heavy (non-hydrogen) atoms. The lowest BCUT2D eigenvalue weighted by Crippen LogP contribution is -1.69. The Labute approximate surface area is 126 Å². The highest BCUT2D eigenvalue weighted by Crippen LogP contribution is 2.37. The molecule has 0 bridgehead atoms. The molecule has 0 unspecified atom stereocenters. The van der Waals surface area contributed by atoms with E-state index in [1.54, 1.807) is 11.8 Å². The Morgan fingerprint density at radius 2 is 1.53 bits per heavy atom. The molecule has 0 radical (unpaired) electrons. The van der Waals surface area contributed by atoms with Crippen LogP contribution in [0.25, 0.3) is 10.4 Å². The zero-order chi connectivity index (χ0) is 13.1. The fourth-order valence-corrected chi connectivity index (χ4v) is 3.99. The van der Waals surface area contributed by atoms with Crippen LogP contribution in [0.3, 0.4) is 0 Å². The highest BCUT2D eigenvalue weighted by molar-refractivity contribution is 8.01. The van der Waals surface area contributed by atoms with E-state index in [2.05, 4.69) is 48.5 Å². The van der Waals surface area contributed by atoms with Gasteiger partial charge in [0.25, 0.3) is 0 Å². The van der Waals surface area contributed by atoms with Crippen molar-refractivity contribution in [3.05, 3.63) is 71.8 Å². The maximum atomic E-state index is 5.89. The molecule has 0 atom stereocenters. The first-order valence-corrected chi connectivity index (χ1v) is 7.91. The molecule has 0 N–H and O–H groups in total. The van der Waals surface area contributed by atoms with Gasteiger partial charge in [-0.25, -0.2) is 0 Å². The first-order chi connectivity index (χ1) is 9.31. The van der Waals surface area contributed by atoms with Crippen LogP contribution in [0.2, 0.25) is 5.02 Å². The maximum absolute atomic E-state index is 5.89. The van der Waals surface area contributed by atoms with Gasteiger partial charge >= 0.3 is 0 Å². The third kappa shape index (κ3) is 3.21. The number of benzene rings is 2. The predicted octanol–water partition coefficient (Wildman–Crippen LogP) is 6.22. The average molecular weight is 303 g/mol. The molecule has 0 saturated carbocycles. The molecule has 0 amide bonds. The van der Waals surface area contributed by atoms with Crippen molar-refractivity contribution < 1.29 is 0 Å². The molecule has 0 spiro atoms. The highest BCUT2D eigenvalue weighted by atomic mass is 35.5. The third-order valence-electron chi connectivity index (χ3n) is 2.67. The normalized spacial score (nSPS) is 10.6. The van der Waals surface area contributed by atoms with Crippen molar-refractivity contribution in [1.82, 2.24) is 0 Å². The van der Waals surface area contributed by atoms with E-state index in [0.29, 0.717) is 0 Å². The lowest BCUT2D eigenvalue weighted by atomic mass is 10.2. The molecule has 3 heteroatoms. The first-order valence-electron chi connectivity index (χ1n) is 5.90. The van der Waals surface area contributed by atoms with E-state index in [9.17, 15) is 0 Å². The number of halogens is 1. The van der Waals surface area contributed by atoms with Crippen molar-refractivity contribution in [1.29, 1.82) is 0 Å². The highest BCUT2D eigenvalue weighted by Gasteiger charge is 2.04. The van der Waals surface area contributed by atoms with Crippen molar-refractivity contribution in [2.24, 2.45) is 0 Å². The molecule has 0 nitrogen and oxygen atoms in total. The molecule has 0 fully saturated rings. The van der Waals surface area contributed by atoms with Crippen LogP contribution in [0.1, 0.15) is 0 Å². The number of thiophene rings is 1. The molecule has 94 valence electrons. The van der Waals surface area contributed by atoms with E-state index >= 15 is 0 Å². The molecule has 0 aliphatic carbocycles. The number of hydrogen-bond acceptors (Lipinski definition) is 2. The minimum Gasteiger partial charge on any atom is -0.128 e. The van der Waals surface area contributed by atoms with Gasteiger partial charge in [-0.05, 0) is 42.0 Å². The van der Waals surface area contributed by atoms with Crippen molar-refractivity contribution in [2.45, 2.75) is 9.10 Å². The second-order valence-corrected chi connectivity index (χ2v) is 6.93. The van der Waals surface area contributed by atoms with Crippen molar-refractivity contribution in [3.8, 4) is 10.4 Å². The summed E-state index contributed by atoms with van der Waals surface area (Å²) < 4.78 is 1.29. The molecule has 2 aromatic carbocycles. The Morgan fingerprint density at radius 3 is 2.26 bits per heavy atom. The van der Waals surface area contributed by atoms with Crippen molar-refractivity contribution in [2.75, 3.05) is 0 Å². The molecule has 0 aliphatic rings. The van der Waals surface area contributed by atoms with E-state index in [1.807, 2.05) is 29.5 Å². The average Bonchev–Trinajstić information content (AvgIpc) is 2.91. The summed E-state index contributed by atoms with van der Waals surface area (Å²) in [5.74, 6) is 0. The zero-order valence-electron chi connectivity index (χ0n) is 10.0. The Bertz CT molecular complexity index is 657. The summed E-state index contributed by atoms with van der Waals surface area (Å²) in [6.45, 7) is 0. The van der Waals surface area contributed by atoms with Crippen LogP contribution in [0, 0.1) is 0 Å². The second-order valence-electron chi connectivity index (χ2n) is 4.04. The van der Waals surface area contributed by atoms with E-state index in [1.165, 1.54) is 19.5 Å². The van der Waals surface area contributed by atoms with Crippen LogP contribution >= 0.6 is 34.7 Å². The lowest BCUT2D eigenvalue weighted by molar-refractivity contribution is 1.46. The quantitative estimate of drug-likeness (QED) is 0.553. The molecular formula is C16H11ClS2. The van der Waals surface area contributed by atoms with Gasteiger partial charge in [0, 0.05) is 14.8 Å². The van der Waals surface area contributed by atoms with Gasteiger partial charge in [-0.3, -0.25) is 0 Å². The van der Waals surface area contributed by atoms with Gasteiger partial charge in [0.2, 0.25) is 0 Å². The molecule has 0 saturated heterocycles. The molecular weight excluding hydrogens is 292 g/mol. The van der Waals surface area contributed by atoms with Crippen LogP contribution < -0.4 is 0 Å². The van der Waals surface area contributed by atoms with E-state index < -0.39 is 0 Å². The largest absolute Gasteiger partial charge is 0.128 e. The van der Waals surface area contributed by atoms with Crippen LogP contribution in [0.5, 0.6) is 0 Å². The smallest absolute Gasteiger partial charge is 0.0652 e. The molecule has 3 aromatic rings. The Kier molecular flexibility index (Phi) is 3.92. The van der Waals surface area contributed by atoms with Gasteiger partial charge < -0.3 is 0 Å². The molecule has 1 aromatic heterocycles. The second kappa shape index (κ2) is 5.83. The molecule has 0 aliphatic heterocycles. The monoisotopic (exact) mass is 302 g/mol. The summed E-state index contributed by atoms with van der Waals surface area (Å²) in [4.78, 5) is 2.52. The van der Waals surface area contributed by atoms with Crippen LogP contribution in [0.4, 0.5) is 0 Å². The van der Waals surface area contributed by atoms with E-state index in [-0.39, 0.29) is 0 Å². The van der Waals surface area contributed by atoms with Crippen molar-refractivity contribution in [3.63, 3.8) is 0 Å². The third-order valence-corrected chi connectivity index (χ3v) is 5.20. The fraction of sp³-hybridized carbons (Fsp3) is 0. The van der Waals surface area contributed by atoms with Crippen LogP contribution in [-0.2, 0) is 0 Å². The summed E-state index contributed by atoms with van der Waals surface area (Å²) in [5.41, 5.74) is 1.27. The Hall–Kier alpha value is -1.22. The summed E-state index contributed by atoms with van der Waals surface area (Å²) >= 11 is 9.48. The Balaban J connectivity index is 1.80. The maximum Gasteiger partial charge on any atom is 0.0652 e. The Morgan fingerprint density at radius 1 is 0.789 bits per heavy atom. The van der Waals surface area contributed by atoms with Gasteiger partial charge in [0.05, 0.1) is 4.21 Å². The zero-order valence-corrected chi connectivity index (χ0v) is 12.4. The van der Waals surface area contributed by atoms with Gasteiger partial charge in [-0.2, -0.15) is 0 Å². The molecule has 3 rings (SSSR count). The number of hydrogen-bond donors (Lipinski definition) is 0. The lowest BCUT2D eigenvalue weighted by Gasteiger charge is -1.98. The topological polar surface area (TPSA) is 0 Å². The summed E-state index contributed by atoms with van der Waals surface area (Å²) in [6.07, 6.45) is 0. The summed E-state index contributed by atoms with van der Waals surface area (Å²) in [5, 5.41) is 0.778. The van der Waals surface area contributed by atoms with Crippen molar-refractivity contribution >= 4 is 34.7 Å². The predicted molar refractivity (Wildman–Crippen MR) is 85.3 cm³/mol.